The Morgan fingerprint density at radius 2 is 2.05 bits per heavy atom. The first-order chi connectivity index (χ1) is 9.86. The zero-order valence-corrected chi connectivity index (χ0v) is 12.2. The molecule has 1 fully saturated rings. The Kier molecular flexibility index (Phi) is 5.07. The van der Waals surface area contributed by atoms with Gasteiger partial charge in [0.1, 0.15) is 5.78 Å². The molecule has 0 aromatic carbocycles. The maximum atomic E-state index is 12.9. The minimum absolute atomic E-state index is 0.188. The largest absolute Gasteiger partial charge is 0.398 e. The second-order valence-electron chi connectivity index (χ2n) is 6.09. The number of rotatable bonds is 4. The Morgan fingerprint density at radius 3 is 2.71 bits per heavy atom. The molecule has 21 heavy (non-hydrogen) atoms. The molecule has 116 valence electrons. The Balaban J connectivity index is 2.01. The summed E-state index contributed by atoms with van der Waals surface area (Å²) >= 11 is 0. The van der Waals surface area contributed by atoms with Crippen LogP contribution in [0.25, 0.3) is 0 Å². The average Bonchev–Trinajstić information content (AvgIpc) is 2.70. The highest BCUT2D eigenvalue weighted by molar-refractivity contribution is 5.75. The number of carbonyl (C=O) groups excluding carboxylic acids is 1. The van der Waals surface area contributed by atoms with E-state index >= 15 is 0 Å². The van der Waals surface area contributed by atoms with E-state index in [0.29, 0.717) is 12.3 Å². The van der Waals surface area contributed by atoms with E-state index in [-0.39, 0.29) is 11.7 Å². The van der Waals surface area contributed by atoms with Crippen LogP contribution in [0.15, 0.2) is 36.0 Å². The van der Waals surface area contributed by atoms with Gasteiger partial charge in [-0.15, -0.1) is 0 Å². The molecule has 4 heteroatoms. The molecule has 0 heterocycles. The van der Waals surface area contributed by atoms with Crippen molar-refractivity contribution in [2.75, 3.05) is 0 Å². The van der Waals surface area contributed by atoms with Gasteiger partial charge < -0.3 is 4.79 Å². The summed E-state index contributed by atoms with van der Waals surface area (Å²) in [6.45, 7) is 1.59. The number of alkyl halides is 3. The SMILES string of the molecule is CC(=O)CCC1CCC(C2=CC(C(F)(F)F)C=CC=C2)C1. The second-order valence-corrected chi connectivity index (χ2v) is 6.09. The first-order valence-corrected chi connectivity index (χ1v) is 7.49. The normalized spacial score (nSPS) is 29.3. The summed E-state index contributed by atoms with van der Waals surface area (Å²) in [5, 5.41) is 0. The number of hydrogen-bond acceptors (Lipinski definition) is 1. The van der Waals surface area contributed by atoms with Gasteiger partial charge in [0, 0.05) is 6.42 Å². The van der Waals surface area contributed by atoms with Crippen molar-refractivity contribution in [3.05, 3.63) is 36.0 Å². The molecule has 2 aliphatic carbocycles. The molecule has 0 amide bonds. The van der Waals surface area contributed by atoms with Crippen molar-refractivity contribution in [3.8, 4) is 0 Å². The molecule has 0 saturated heterocycles. The summed E-state index contributed by atoms with van der Waals surface area (Å²) in [6.07, 6.45) is 7.59. The van der Waals surface area contributed by atoms with E-state index in [1.165, 1.54) is 18.2 Å². The third-order valence-corrected chi connectivity index (χ3v) is 4.39. The first kappa shape index (κ1) is 16.1. The van der Waals surface area contributed by atoms with Crippen LogP contribution in [-0.4, -0.2) is 12.0 Å². The predicted molar refractivity (Wildman–Crippen MR) is 76.7 cm³/mol. The lowest BCUT2D eigenvalue weighted by molar-refractivity contribution is -0.149. The van der Waals surface area contributed by atoms with Crippen molar-refractivity contribution in [2.45, 2.75) is 45.2 Å². The van der Waals surface area contributed by atoms with Gasteiger partial charge in [0.05, 0.1) is 5.92 Å². The lowest BCUT2D eigenvalue weighted by atomic mass is 9.91. The van der Waals surface area contributed by atoms with Crippen LogP contribution >= 0.6 is 0 Å². The molecule has 0 bridgehead atoms. The Bertz CT molecular complexity index is 471. The number of carbonyl (C=O) groups is 1. The number of Topliss-reactive ketones (excluding diaryl/α,β-unsaturated/α-hetero) is 1. The lowest BCUT2D eigenvalue weighted by Crippen LogP contribution is -2.19. The number of ketones is 1. The van der Waals surface area contributed by atoms with Crippen LogP contribution in [0, 0.1) is 17.8 Å². The Morgan fingerprint density at radius 1 is 1.29 bits per heavy atom. The van der Waals surface area contributed by atoms with Crippen molar-refractivity contribution < 1.29 is 18.0 Å². The van der Waals surface area contributed by atoms with Crippen LogP contribution in [0.3, 0.4) is 0 Å². The van der Waals surface area contributed by atoms with Gasteiger partial charge in [0.25, 0.3) is 0 Å². The molecular formula is C17H21F3O. The zero-order valence-electron chi connectivity index (χ0n) is 12.2. The molecule has 3 unspecified atom stereocenters. The van der Waals surface area contributed by atoms with Gasteiger partial charge in [-0.1, -0.05) is 30.4 Å². The fraction of sp³-hybridized carbons (Fsp3) is 0.588. The van der Waals surface area contributed by atoms with Crippen LogP contribution in [0.1, 0.15) is 39.0 Å². The highest BCUT2D eigenvalue weighted by atomic mass is 19.4. The summed E-state index contributed by atoms with van der Waals surface area (Å²) in [4.78, 5) is 11.0. The molecule has 0 radical (unpaired) electrons. The third-order valence-electron chi connectivity index (χ3n) is 4.39. The third kappa shape index (κ3) is 4.58. The molecule has 0 aromatic rings. The smallest absolute Gasteiger partial charge is 0.300 e. The molecule has 3 atom stereocenters. The van der Waals surface area contributed by atoms with E-state index < -0.39 is 12.1 Å². The van der Waals surface area contributed by atoms with Crippen LogP contribution in [0.2, 0.25) is 0 Å². The Labute approximate surface area is 123 Å². The van der Waals surface area contributed by atoms with Gasteiger partial charge in [0.15, 0.2) is 0 Å². The monoisotopic (exact) mass is 298 g/mol. The standard InChI is InChI=1S/C17H21F3O/c1-12(21)6-7-13-8-9-15(10-13)14-4-2-3-5-16(11-14)17(18,19)20/h2-5,11,13,15-16H,6-10H2,1H3. The molecular weight excluding hydrogens is 277 g/mol. The second kappa shape index (κ2) is 6.63. The van der Waals surface area contributed by atoms with Gasteiger partial charge in [-0.25, -0.2) is 0 Å². The quantitative estimate of drug-likeness (QED) is 0.713. The Hall–Kier alpha value is -1.32. The molecule has 2 rings (SSSR count). The van der Waals surface area contributed by atoms with Crippen LogP contribution < -0.4 is 0 Å². The van der Waals surface area contributed by atoms with E-state index in [1.54, 1.807) is 19.1 Å². The van der Waals surface area contributed by atoms with Crippen molar-refractivity contribution in [1.82, 2.24) is 0 Å². The fourth-order valence-corrected chi connectivity index (χ4v) is 3.19. The highest BCUT2D eigenvalue weighted by Gasteiger charge is 2.37. The average molecular weight is 298 g/mol. The van der Waals surface area contributed by atoms with E-state index in [1.807, 2.05) is 0 Å². The summed E-state index contributed by atoms with van der Waals surface area (Å²) in [7, 11) is 0. The maximum absolute atomic E-state index is 12.9. The van der Waals surface area contributed by atoms with Crippen LogP contribution in [0.4, 0.5) is 13.2 Å². The number of hydrogen-bond donors (Lipinski definition) is 0. The van der Waals surface area contributed by atoms with E-state index in [9.17, 15) is 18.0 Å². The van der Waals surface area contributed by atoms with Gasteiger partial charge >= 0.3 is 6.18 Å². The zero-order chi connectivity index (χ0) is 15.5. The number of allylic oxidation sites excluding steroid dienone is 6. The van der Waals surface area contributed by atoms with Gasteiger partial charge in [-0.2, -0.15) is 13.2 Å². The lowest BCUT2D eigenvalue weighted by Gasteiger charge is -2.17. The van der Waals surface area contributed by atoms with Crippen LogP contribution in [-0.2, 0) is 4.79 Å². The molecule has 1 saturated carbocycles. The summed E-state index contributed by atoms with van der Waals surface area (Å²) in [6, 6.07) is 0. The van der Waals surface area contributed by atoms with Crippen molar-refractivity contribution >= 4 is 5.78 Å². The summed E-state index contributed by atoms with van der Waals surface area (Å²) in [5.41, 5.74) is 0.799. The maximum Gasteiger partial charge on any atom is 0.398 e. The van der Waals surface area contributed by atoms with Gasteiger partial charge in [-0.05, 0) is 50.0 Å². The topological polar surface area (TPSA) is 17.1 Å². The van der Waals surface area contributed by atoms with Crippen molar-refractivity contribution in [3.63, 3.8) is 0 Å². The van der Waals surface area contributed by atoms with Crippen molar-refractivity contribution in [2.24, 2.45) is 17.8 Å². The predicted octanol–water partition coefficient (Wildman–Crippen LogP) is 5.00. The van der Waals surface area contributed by atoms with Gasteiger partial charge in [0.2, 0.25) is 0 Å². The van der Waals surface area contributed by atoms with Crippen molar-refractivity contribution in [1.29, 1.82) is 0 Å². The number of halogens is 3. The van der Waals surface area contributed by atoms with Gasteiger partial charge in [-0.3, -0.25) is 0 Å². The highest BCUT2D eigenvalue weighted by Crippen LogP contribution is 2.40. The van der Waals surface area contributed by atoms with E-state index in [2.05, 4.69) is 0 Å². The minimum Gasteiger partial charge on any atom is -0.300 e. The molecule has 0 N–H and O–H groups in total. The fourth-order valence-electron chi connectivity index (χ4n) is 3.19. The van der Waals surface area contributed by atoms with Crippen LogP contribution in [0.5, 0.6) is 0 Å². The molecule has 2 aliphatic rings. The van der Waals surface area contributed by atoms with E-state index in [4.69, 9.17) is 0 Å². The molecule has 1 nitrogen and oxygen atoms in total. The summed E-state index contributed by atoms with van der Waals surface area (Å²) in [5.74, 6) is -0.635. The molecule has 0 spiro atoms. The summed E-state index contributed by atoms with van der Waals surface area (Å²) < 4.78 is 38.7. The van der Waals surface area contributed by atoms with E-state index in [0.717, 1.165) is 31.3 Å². The minimum atomic E-state index is -4.22. The molecule has 0 aliphatic heterocycles. The first-order valence-electron chi connectivity index (χ1n) is 7.49. The molecule has 0 aromatic heterocycles.